The highest BCUT2D eigenvalue weighted by Gasteiger charge is 2.38. The smallest absolute Gasteiger partial charge is 0.334 e. The molecule has 0 spiro atoms. The number of hydrogen-bond donors (Lipinski definition) is 1. The number of anilines is 1. The van der Waals surface area contributed by atoms with E-state index in [1.54, 1.807) is 24.3 Å². The molecular formula is C30H31BrCl2N4O4SSi. The summed E-state index contributed by atoms with van der Waals surface area (Å²) in [6, 6.07) is 21.2. The number of aliphatic hydroxyl groups excluding tert-OH is 1. The van der Waals surface area contributed by atoms with E-state index in [9.17, 15) is 13.5 Å². The number of halogens is 3. The van der Waals surface area contributed by atoms with Gasteiger partial charge in [-0.15, -0.1) is 0 Å². The standard InChI is InChI=1S/C30H31BrCl2N4O4SSi/c1-43(2,3)15-14-41-20-37-30(38)19-36(42(37,39)40)25-11-9-24(10-12-25)35-18-28(26-13-8-23(32)17-27(26)33)34-29(35)16-21-4-6-22(31)7-5-21/h4-13,17-19,38H,14-16,20H2,1-3H3. The molecular weight excluding hydrogens is 691 g/mol. The number of nitrogens with zero attached hydrogens (tertiary/aromatic N) is 4. The molecule has 0 saturated heterocycles. The van der Waals surface area contributed by atoms with E-state index in [0.29, 0.717) is 34.5 Å². The fourth-order valence-corrected chi connectivity index (χ4v) is 7.31. The van der Waals surface area contributed by atoms with Gasteiger partial charge < -0.3 is 14.4 Å². The monoisotopic (exact) mass is 720 g/mol. The van der Waals surface area contributed by atoms with E-state index in [0.717, 1.165) is 41.8 Å². The molecule has 13 heteroatoms. The molecule has 5 rings (SSSR count). The summed E-state index contributed by atoms with van der Waals surface area (Å²) in [5.41, 5.74) is 3.63. The van der Waals surface area contributed by atoms with Gasteiger partial charge in [-0.25, -0.2) is 9.29 Å². The Bertz CT molecular complexity index is 1760. The van der Waals surface area contributed by atoms with Gasteiger partial charge in [-0.05, 0) is 66.2 Å². The second-order valence-electron chi connectivity index (χ2n) is 11.3. The summed E-state index contributed by atoms with van der Waals surface area (Å²) in [5, 5.41) is 11.5. The van der Waals surface area contributed by atoms with Crippen LogP contribution in [0.4, 0.5) is 5.69 Å². The number of imidazole rings is 1. The first-order valence-corrected chi connectivity index (χ1v) is 20.2. The first kappa shape index (κ1) is 31.6. The van der Waals surface area contributed by atoms with Gasteiger partial charge in [-0.2, -0.15) is 12.7 Å². The van der Waals surface area contributed by atoms with Crippen LogP contribution in [0.5, 0.6) is 0 Å². The molecule has 8 nitrogen and oxygen atoms in total. The molecule has 226 valence electrons. The lowest BCUT2D eigenvalue weighted by Gasteiger charge is -2.22. The molecule has 1 aliphatic rings. The fraction of sp³-hybridized carbons (Fsp3) is 0.233. The molecule has 0 saturated carbocycles. The summed E-state index contributed by atoms with van der Waals surface area (Å²) < 4.78 is 37.0. The highest BCUT2D eigenvalue weighted by Crippen LogP contribution is 2.33. The van der Waals surface area contributed by atoms with Crippen molar-refractivity contribution in [1.29, 1.82) is 0 Å². The van der Waals surface area contributed by atoms with Crippen LogP contribution < -0.4 is 4.31 Å². The van der Waals surface area contributed by atoms with Crippen molar-refractivity contribution in [2.75, 3.05) is 17.6 Å². The average Bonchev–Trinajstić information content (AvgIpc) is 3.44. The molecule has 0 fully saturated rings. The van der Waals surface area contributed by atoms with Crippen LogP contribution >= 0.6 is 39.1 Å². The normalized spacial score (nSPS) is 14.8. The van der Waals surface area contributed by atoms with Crippen LogP contribution in [0.25, 0.3) is 16.9 Å². The van der Waals surface area contributed by atoms with Crippen LogP contribution in [-0.4, -0.2) is 48.8 Å². The number of rotatable bonds is 10. The van der Waals surface area contributed by atoms with E-state index >= 15 is 0 Å². The molecule has 0 aliphatic carbocycles. The van der Waals surface area contributed by atoms with Gasteiger partial charge in [0.2, 0.25) is 5.88 Å². The lowest BCUT2D eigenvalue weighted by molar-refractivity contribution is 0.0747. The molecule has 4 aromatic rings. The minimum absolute atomic E-state index is 0.256. The Balaban J connectivity index is 1.42. The molecule has 0 unspecified atom stereocenters. The van der Waals surface area contributed by atoms with Crippen LogP contribution in [0, 0.1) is 0 Å². The van der Waals surface area contributed by atoms with E-state index < -0.39 is 24.2 Å². The summed E-state index contributed by atoms with van der Waals surface area (Å²) in [6.07, 6.45) is 3.63. The van der Waals surface area contributed by atoms with Crippen LogP contribution in [0.1, 0.15) is 11.4 Å². The minimum Gasteiger partial charge on any atom is -0.493 e. The molecule has 2 heterocycles. The maximum atomic E-state index is 13.3. The third-order valence-corrected chi connectivity index (χ3v) is 11.3. The number of ether oxygens (including phenoxy) is 1. The SMILES string of the molecule is C[Si](C)(C)CCOCN1C(O)=CN(c2ccc(-n3cc(-c4ccc(Cl)cc4Cl)nc3Cc3ccc(Br)cc3)cc2)S1(=O)=O. The second kappa shape index (κ2) is 12.7. The lowest BCUT2D eigenvalue weighted by atomic mass is 10.1. The zero-order valence-electron chi connectivity index (χ0n) is 23.8. The summed E-state index contributed by atoms with van der Waals surface area (Å²) in [4.78, 5) is 4.92. The Morgan fingerprint density at radius 1 is 0.977 bits per heavy atom. The van der Waals surface area contributed by atoms with Gasteiger partial charge in [-0.3, -0.25) is 0 Å². The van der Waals surface area contributed by atoms with Gasteiger partial charge in [0.25, 0.3) is 0 Å². The highest BCUT2D eigenvalue weighted by molar-refractivity contribution is 9.10. The van der Waals surface area contributed by atoms with E-state index in [-0.39, 0.29) is 6.73 Å². The fourth-order valence-electron chi connectivity index (χ4n) is 4.47. The Morgan fingerprint density at radius 3 is 2.30 bits per heavy atom. The first-order chi connectivity index (χ1) is 20.3. The van der Waals surface area contributed by atoms with Gasteiger partial charge in [0.05, 0.1) is 22.6 Å². The van der Waals surface area contributed by atoms with Crippen LogP contribution in [0.3, 0.4) is 0 Å². The lowest BCUT2D eigenvalue weighted by Crippen LogP contribution is -2.36. The van der Waals surface area contributed by atoms with Gasteiger partial charge >= 0.3 is 10.2 Å². The summed E-state index contributed by atoms with van der Waals surface area (Å²) >= 11 is 16.1. The van der Waals surface area contributed by atoms with E-state index in [2.05, 4.69) is 35.6 Å². The number of hydrogen-bond acceptors (Lipinski definition) is 5. The molecule has 0 bridgehead atoms. The van der Waals surface area contributed by atoms with Gasteiger partial charge in [-0.1, -0.05) is 70.9 Å². The molecule has 0 atom stereocenters. The predicted molar refractivity (Wildman–Crippen MR) is 179 cm³/mol. The van der Waals surface area contributed by atoms with E-state index in [1.807, 2.05) is 53.2 Å². The van der Waals surface area contributed by atoms with Crippen molar-refractivity contribution in [3.05, 3.63) is 111 Å². The molecule has 43 heavy (non-hydrogen) atoms. The first-order valence-electron chi connectivity index (χ1n) is 13.5. The third-order valence-electron chi connectivity index (χ3n) is 6.86. The van der Waals surface area contributed by atoms with Crippen molar-refractivity contribution in [3.8, 4) is 16.9 Å². The second-order valence-corrected chi connectivity index (χ2v) is 20.5. The quantitative estimate of drug-likeness (QED) is 0.132. The Kier molecular flexibility index (Phi) is 9.31. The van der Waals surface area contributed by atoms with Crippen molar-refractivity contribution >= 4 is 63.1 Å². The van der Waals surface area contributed by atoms with Crippen molar-refractivity contribution < 1.29 is 18.3 Å². The topological polar surface area (TPSA) is 87.9 Å². The number of benzene rings is 3. The van der Waals surface area contributed by atoms with Crippen LogP contribution in [-0.2, 0) is 21.4 Å². The molecule has 0 radical (unpaired) electrons. The third kappa shape index (κ3) is 7.30. The van der Waals surface area contributed by atoms with Crippen molar-refractivity contribution in [1.82, 2.24) is 13.9 Å². The zero-order chi connectivity index (χ0) is 30.9. The largest absolute Gasteiger partial charge is 0.493 e. The Morgan fingerprint density at radius 2 is 1.65 bits per heavy atom. The van der Waals surface area contributed by atoms with Crippen LogP contribution in [0.15, 0.2) is 89.5 Å². The maximum Gasteiger partial charge on any atom is 0.334 e. The molecule has 1 N–H and O–H groups in total. The Labute approximate surface area is 271 Å². The van der Waals surface area contributed by atoms with Gasteiger partial charge in [0.15, 0.2) is 0 Å². The van der Waals surface area contributed by atoms with Gasteiger partial charge in [0, 0.05) is 48.0 Å². The molecule has 1 aliphatic heterocycles. The van der Waals surface area contributed by atoms with Crippen molar-refractivity contribution in [3.63, 3.8) is 0 Å². The zero-order valence-corrected chi connectivity index (χ0v) is 28.8. The predicted octanol–water partition coefficient (Wildman–Crippen LogP) is 8.24. The van der Waals surface area contributed by atoms with Crippen molar-refractivity contribution in [2.45, 2.75) is 32.1 Å². The summed E-state index contributed by atoms with van der Waals surface area (Å²) in [7, 11) is -5.39. The number of aliphatic hydroxyl groups is 1. The molecule has 3 aromatic carbocycles. The average molecular weight is 723 g/mol. The van der Waals surface area contributed by atoms with Gasteiger partial charge in [0.1, 0.15) is 12.6 Å². The highest BCUT2D eigenvalue weighted by atomic mass is 79.9. The minimum atomic E-state index is -4.05. The molecule has 1 aromatic heterocycles. The van der Waals surface area contributed by atoms with E-state index in [1.165, 1.54) is 6.20 Å². The van der Waals surface area contributed by atoms with Crippen molar-refractivity contribution in [2.24, 2.45) is 0 Å². The number of aromatic nitrogens is 2. The summed E-state index contributed by atoms with van der Waals surface area (Å²) in [6.45, 7) is 6.82. The van der Waals surface area contributed by atoms with Crippen LogP contribution in [0.2, 0.25) is 35.7 Å². The maximum absolute atomic E-state index is 13.3. The molecule has 0 amide bonds. The van der Waals surface area contributed by atoms with E-state index in [4.69, 9.17) is 32.9 Å². The summed E-state index contributed by atoms with van der Waals surface area (Å²) in [5.74, 6) is 0.372. The Hall–Kier alpha value is -2.80.